The lowest BCUT2D eigenvalue weighted by atomic mass is 10.3. The van der Waals surface area contributed by atoms with Crippen LogP contribution in [0.25, 0.3) is 0 Å². The molecule has 0 unspecified atom stereocenters. The van der Waals surface area contributed by atoms with E-state index >= 15 is 0 Å². The molecule has 0 radical (unpaired) electrons. The Bertz CT molecular complexity index is 599. The Morgan fingerprint density at radius 3 is 2.70 bits per heavy atom. The summed E-state index contributed by atoms with van der Waals surface area (Å²) in [6, 6.07) is 3.23. The molecule has 0 aliphatic carbocycles. The van der Waals surface area contributed by atoms with Crippen molar-refractivity contribution >= 4 is 29.2 Å². The van der Waals surface area contributed by atoms with Gasteiger partial charge in [-0.15, -0.1) is 11.3 Å². The number of nitrogens with zero attached hydrogens (tertiary/aromatic N) is 2. The first kappa shape index (κ1) is 17.4. The van der Waals surface area contributed by atoms with Gasteiger partial charge in [0.2, 0.25) is 0 Å². The molecule has 0 bridgehead atoms. The maximum absolute atomic E-state index is 12.0. The Morgan fingerprint density at radius 1 is 1.35 bits per heavy atom. The smallest absolute Gasteiger partial charge is 0.324 e. The summed E-state index contributed by atoms with van der Waals surface area (Å²) in [6.45, 7) is 4.92. The number of rotatable bonds is 5. The number of hydrogen-bond donors (Lipinski definition) is 2. The van der Waals surface area contributed by atoms with Crippen LogP contribution >= 0.6 is 11.3 Å². The Hall–Kier alpha value is -1.93. The van der Waals surface area contributed by atoms with Gasteiger partial charge in [-0.2, -0.15) is 0 Å². The SMILES string of the molecule is CCN1CCN(C(=O)NCCc2ccc([C@H](C)O)s2)C(=O)C1=O. The summed E-state index contributed by atoms with van der Waals surface area (Å²) in [7, 11) is 0. The van der Waals surface area contributed by atoms with Crippen molar-refractivity contribution in [1.29, 1.82) is 0 Å². The summed E-state index contributed by atoms with van der Waals surface area (Å²) < 4.78 is 0. The van der Waals surface area contributed by atoms with Crippen molar-refractivity contribution in [2.75, 3.05) is 26.2 Å². The minimum absolute atomic E-state index is 0.218. The number of thiophene rings is 1. The van der Waals surface area contributed by atoms with Gasteiger partial charge in [-0.25, -0.2) is 4.79 Å². The van der Waals surface area contributed by atoms with Gasteiger partial charge in [0.05, 0.1) is 6.10 Å². The fourth-order valence-corrected chi connectivity index (χ4v) is 3.26. The molecule has 1 aliphatic rings. The molecule has 1 aromatic heterocycles. The lowest BCUT2D eigenvalue weighted by Crippen LogP contribution is -2.58. The van der Waals surface area contributed by atoms with E-state index in [9.17, 15) is 19.5 Å². The zero-order valence-corrected chi connectivity index (χ0v) is 14.1. The van der Waals surface area contributed by atoms with Gasteiger partial charge in [0.1, 0.15) is 0 Å². The van der Waals surface area contributed by atoms with Crippen LogP contribution in [0.1, 0.15) is 29.7 Å². The summed E-state index contributed by atoms with van der Waals surface area (Å²) in [4.78, 5) is 40.0. The molecule has 2 heterocycles. The fraction of sp³-hybridized carbons (Fsp3) is 0.533. The number of urea groups is 1. The van der Waals surface area contributed by atoms with Crippen molar-refractivity contribution in [3.63, 3.8) is 0 Å². The second-order valence-electron chi connectivity index (χ2n) is 5.30. The van der Waals surface area contributed by atoms with E-state index in [2.05, 4.69) is 5.32 Å². The number of imide groups is 1. The molecular weight excluding hydrogens is 318 g/mol. The third kappa shape index (κ3) is 4.08. The Morgan fingerprint density at radius 2 is 2.09 bits per heavy atom. The Labute approximate surface area is 138 Å². The first-order chi connectivity index (χ1) is 10.9. The first-order valence-corrected chi connectivity index (χ1v) is 8.41. The van der Waals surface area contributed by atoms with E-state index in [1.165, 1.54) is 16.2 Å². The van der Waals surface area contributed by atoms with Crippen LogP contribution in [0, 0.1) is 0 Å². The van der Waals surface area contributed by atoms with E-state index in [-0.39, 0.29) is 6.54 Å². The Balaban J connectivity index is 1.82. The summed E-state index contributed by atoms with van der Waals surface area (Å²) in [6.07, 6.45) is 0.113. The molecule has 1 saturated heterocycles. The molecule has 0 spiro atoms. The number of piperazine rings is 1. The normalized spacial score (nSPS) is 16.7. The highest BCUT2D eigenvalue weighted by Gasteiger charge is 2.35. The van der Waals surface area contributed by atoms with Crippen LogP contribution in [-0.4, -0.2) is 58.9 Å². The van der Waals surface area contributed by atoms with Crippen molar-refractivity contribution in [3.05, 3.63) is 21.9 Å². The number of carbonyl (C=O) groups excluding carboxylic acids is 3. The predicted molar refractivity (Wildman–Crippen MR) is 86.0 cm³/mol. The Kier molecular flexibility index (Phi) is 5.73. The molecular formula is C15H21N3O4S. The molecule has 1 atom stereocenters. The third-order valence-corrected chi connectivity index (χ3v) is 4.99. The van der Waals surface area contributed by atoms with E-state index < -0.39 is 23.9 Å². The van der Waals surface area contributed by atoms with Crippen molar-refractivity contribution < 1.29 is 19.5 Å². The van der Waals surface area contributed by atoms with Gasteiger partial charge in [-0.05, 0) is 32.4 Å². The van der Waals surface area contributed by atoms with Crippen molar-refractivity contribution in [1.82, 2.24) is 15.1 Å². The van der Waals surface area contributed by atoms with Crippen LogP contribution < -0.4 is 5.32 Å². The fourth-order valence-electron chi connectivity index (χ4n) is 2.31. The maximum atomic E-state index is 12.0. The maximum Gasteiger partial charge on any atom is 0.324 e. The summed E-state index contributed by atoms with van der Waals surface area (Å²) in [5.74, 6) is -1.41. The molecule has 2 rings (SSSR count). The number of hydrogen-bond acceptors (Lipinski definition) is 5. The monoisotopic (exact) mass is 339 g/mol. The molecule has 8 heteroatoms. The van der Waals surface area contributed by atoms with Gasteiger partial charge in [0.15, 0.2) is 0 Å². The topological polar surface area (TPSA) is 89.9 Å². The summed E-state index contributed by atoms with van der Waals surface area (Å²) >= 11 is 1.49. The van der Waals surface area contributed by atoms with Crippen LogP contribution in [0.5, 0.6) is 0 Å². The lowest BCUT2D eigenvalue weighted by molar-refractivity contribution is -0.153. The molecule has 23 heavy (non-hydrogen) atoms. The summed E-state index contributed by atoms with van der Waals surface area (Å²) in [5.41, 5.74) is 0. The molecule has 4 amide bonds. The van der Waals surface area contributed by atoms with Crippen LogP contribution in [-0.2, 0) is 16.0 Å². The van der Waals surface area contributed by atoms with Gasteiger partial charge in [-0.3, -0.25) is 14.5 Å². The second-order valence-corrected chi connectivity index (χ2v) is 6.50. The molecule has 0 saturated carbocycles. The summed E-state index contributed by atoms with van der Waals surface area (Å²) in [5, 5.41) is 12.1. The molecule has 0 aromatic carbocycles. The van der Waals surface area contributed by atoms with Crippen LogP contribution in [0.4, 0.5) is 4.79 Å². The largest absolute Gasteiger partial charge is 0.388 e. The quantitative estimate of drug-likeness (QED) is 0.775. The number of amides is 4. The van der Waals surface area contributed by atoms with Gasteiger partial charge in [0.25, 0.3) is 0 Å². The van der Waals surface area contributed by atoms with Crippen LogP contribution in [0.3, 0.4) is 0 Å². The van der Waals surface area contributed by atoms with Crippen LogP contribution in [0.2, 0.25) is 0 Å². The van der Waals surface area contributed by atoms with Crippen molar-refractivity contribution in [2.24, 2.45) is 0 Å². The highest BCUT2D eigenvalue weighted by molar-refractivity contribution is 7.12. The average Bonchev–Trinajstić information content (AvgIpc) is 2.99. The molecule has 1 aromatic rings. The van der Waals surface area contributed by atoms with E-state index in [0.717, 1.165) is 14.7 Å². The van der Waals surface area contributed by atoms with E-state index in [1.807, 2.05) is 12.1 Å². The van der Waals surface area contributed by atoms with E-state index in [4.69, 9.17) is 0 Å². The standard InChI is InChI=1S/C15H21N3O4S/c1-3-17-8-9-18(14(21)13(17)20)15(22)16-7-6-11-4-5-12(23-11)10(2)19/h4-5,10,19H,3,6-9H2,1-2H3,(H,16,22)/t10-/m0/s1. The van der Waals surface area contributed by atoms with Gasteiger partial charge in [0, 0.05) is 35.9 Å². The number of aliphatic hydroxyl groups excluding tert-OH is 1. The highest BCUT2D eigenvalue weighted by Crippen LogP contribution is 2.22. The molecule has 126 valence electrons. The molecule has 1 aliphatic heterocycles. The predicted octanol–water partition coefficient (Wildman–Crippen LogP) is 0.744. The first-order valence-electron chi connectivity index (χ1n) is 7.59. The van der Waals surface area contributed by atoms with Crippen molar-refractivity contribution in [2.45, 2.75) is 26.4 Å². The lowest BCUT2D eigenvalue weighted by Gasteiger charge is -2.31. The number of likely N-dealkylation sites (N-methyl/N-ethyl adjacent to an activating group) is 1. The van der Waals surface area contributed by atoms with E-state index in [1.54, 1.807) is 13.8 Å². The molecule has 1 fully saturated rings. The van der Waals surface area contributed by atoms with E-state index in [0.29, 0.717) is 26.1 Å². The molecule has 2 N–H and O–H groups in total. The zero-order valence-electron chi connectivity index (χ0n) is 13.2. The van der Waals surface area contributed by atoms with Gasteiger partial charge < -0.3 is 15.3 Å². The minimum Gasteiger partial charge on any atom is -0.388 e. The minimum atomic E-state index is -0.775. The number of aliphatic hydroxyl groups is 1. The highest BCUT2D eigenvalue weighted by atomic mass is 32.1. The molecule has 7 nitrogen and oxygen atoms in total. The number of nitrogens with one attached hydrogen (secondary N) is 1. The van der Waals surface area contributed by atoms with Crippen molar-refractivity contribution in [3.8, 4) is 0 Å². The third-order valence-electron chi connectivity index (χ3n) is 3.68. The second kappa shape index (κ2) is 7.56. The van der Waals surface area contributed by atoms with Gasteiger partial charge >= 0.3 is 17.8 Å². The zero-order chi connectivity index (χ0) is 17.0. The number of carbonyl (C=O) groups is 3. The van der Waals surface area contributed by atoms with Gasteiger partial charge in [-0.1, -0.05) is 0 Å². The van der Waals surface area contributed by atoms with Crippen LogP contribution in [0.15, 0.2) is 12.1 Å². The average molecular weight is 339 g/mol.